The summed E-state index contributed by atoms with van der Waals surface area (Å²) < 4.78 is 1.37. The molecule has 10 heteroatoms. The van der Waals surface area contributed by atoms with E-state index in [1.807, 2.05) is 5.38 Å². The zero-order chi connectivity index (χ0) is 16.2. The second kappa shape index (κ2) is 6.65. The number of rotatable bonds is 6. The third-order valence-electron chi connectivity index (χ3n) is 3.12. The minimum atomic E-state index is -0.226. The van der Waals surface area contributed by atoms with Crippen LogP contribution in [0.25, 0.3) is 5.82 Å². The van der Waals surface area contributed by atoms with Gasteiger partial charge in [0.2, 0.25) is 0 Å². The van der Waals surface area contributed by atoms with Crippen molar-refractivity contribution in [3.05, 3.63) is 34.2 Å². The Bertz CT molecular complexity index is 776. The van der Waals surface area contributed by atoms with Crippen LogP contribution < -0.4 is 5.32 Å². The van der Waals surface area contributed by atoms with Crippen LogP contribution in [0.2, 0.25) is 0 Å². The van der Waals surface area contributed by atoms with Crippen molar-refractivity contribution in [1.82, 2.24) is 40.7 Å². The van der Waals surface area contributed by atoms with E-state index in [2.05, 4.69) is 49.9 Å². The molecule has 1 amide bonds. The van der Waals surface area contributed by atoms with Crippen LogP contribution in [0.1, 0.15) is 41.0 Å². The van der Waals surface area contributed by atoms with Gasteiger partial charge in [-0.2, -0.15) is 9.78 Å². The standard InChI is InChI=1S/C13H16N8OS/c1-8(2)13-16-9(6-23-13)3-4-14-12(22)10-5-11(18-17-10)21-7-15-19-20-21/h5-8H,3-4H2,1-2H3,(H,14,22)(H,17,18). The number of nitrogens with one attached hydrogen (secondary N) is 2. The lowest BCUT2D eigenvalue weighted by Gasteiger charge is -2.01. The van der Waals surface area contributed by atoms with Crippen LogP contribution in [-0.2, 0) is 6.42 Å². The number of tetrazole rings is 1. The topological polar surface area (TPSA) is 114 Å². The molecule has 2 N–H and O–H groups in total. The van der Waals surface area contributed by atoms with Crippen LogP contribution in [0.3, 0.4) is 0 Å². The number of amides is 1. The van der Waals surface area contributed by atoms with Crippen LogP contribution in [-0.4, -0.2) is 47.8 Å². The van der Waals surface area contributed by atoms with Gasteiger partial charge in [-0.3, -0.25) is 9.89 Å². The van der Waals surface area contributed by atoms with Gasteiger partial charge in [0.05, 0.1) is 10.7 Å². The van der Waals surface area contributed by atoms with E-state index in [4.69, 9.17) is 0 Å². The fourth-order valence-electron chi connectivity index (χ4n) is 1.91. The summed E-state index contributed by atoms with van der Waals surface area (Å²) in [5.74, 6) is 0.662. The molecule has 0 bridgehead atoms. The molecule has 120 valence electrons. The number of hydrogen-bond acceptors (Lipinski definition) is 7. The molecular formula is C13H16N8OS. The number of aromatic nitrogens is 7. The number of thiazole rings is 1. The van der Waals surface area contributed by atoms with E-state index in [-0.39, 0.29) is 5.91 Å². The summed E-state index contributed by atoms with van der Waals surface area (Å²) in [7, 11) is 0. The summed E-state index contributed by atoms with van der Waals surface area (Å²) in [4.78, 5) is 16.6. The van der Waals surface area contributed by atoms with Crippen LogP contribution in [0.5, 0.6) is 0 Å². The Kier molecular flexibility index (Phi) is 4.42. The Morgan fingerprint density at radius 1 is 1.48 bits per heavy atom. The van der Waals surface area contributed by atoms with E-state index >= 15 is 0 Å². The van der Waals surface area contributed by atoms with E-state index in [0.717, 1.165) is 10.7 Å². The van der Waals surface area contributed by atoms with Gasteiger partial charge in [0.25, 0.3) is 5.91 Å². The molecule has 0 aliphatic rings. The van der Waals surface area contributed by atoms with Gasteiger partial charge in [0, 0.05) is 30.3 Å². The predicted molar refractivity (Wildman–Crippen MR) is 83.5 cm³/mol. The Morgan fingerprint density at radius 3 is 3.04 bits per heavy atom. The van der Waals surface area contributed by atoms with Gasteiger partial charge in [-0.15, -0.1) is 16.4 Å². The minimum absolute atomic E-state index is 0.226. The SMILES string of the molecule is CC(C)c1nc(CCNC(=O)c2cc(-n3cnnn3)n[nH]2)cs1. The lowest BCUT2D eigenvalue weighted by molar-refractivity contribution is 0.0949. The molecular weight excluding hydrogens is 316 g/mol. The van der Waals surface area contributed by atoms with Crippen molar-refractivity contribution in [3.63, 3.8) is 0 Å². The highest BCUT2D eigenvalue weighted by atomic mass is 32.1. The number of aromatic amines is 1. The van der Waals surface area contributed by atoms with Crippen molar-refractivity contribution in [2.24, 2.45) is 0 Å². The molecule has 0 spiro atoms. The number of carbonyl (C=O) groups excluding carboxylic acids is 1. The Hall–Kier alpha value is -2.62. The first kappa shape index (κ1) is 15.3. The van der Waals surface area contributed by atoms with Crippen LogP contribution in [0.4, 0.5) is 0 Å². The fourth-order valence-corrected chi connectivity index (χ4v) is 2.78. The van der Waals surface area contributed by atoms with Crippen molar-refractivity contribution >= 4 is 17.2 Å². The van der Waals surface area contributed by atoms with Crippen molar-refractivity contribution in [2.45, 2.75) is 26.2 Å². The summed E-state index contributed by atoms with van der Waals surface area (Å²) in [6, 6.07) is 1.59. The molecule has 0 radical (unpaired) electrons. The molecule has 3 aromatic heterocycles. The minimum Gasteiger partial charge on any atom is -0.350 e. The van der Waals surface area contributed by atoms with Crippen molar-refractivity contribution < 1.29 is 4.79 Å². The molecule has 0 saturated carbocycles. The Balaban J connectivity index is 1.53. The van der Waals surface area contributed by atoms with Gasteiger partial charge in [0.15, 0.2) is 5.82 Å². The maximum atomic E-state index is 12.1. The highest BCUT2D eigenvalue weighted by Crippen LogP contribution is 2.19. The molecule has 0 aromatic carbocycles. The third-order valence-corrected chi connectivity index (χ3v) is 4.32. The van der Waals surface area contributed by atoms with Gasteiger partial charge < -0.3 is 5.32 Å². The highest BCUT2D eigenvalue weighted by Gasteiger charge is 2.12. The zero-order valence-corrected chi connectivity index (χ0v) is 13.5. The van der Waals surface area contributed by atoms with Crippen LogP contribution >= 0.6 is 11.3 Å². The average molecular weight is 332 g/mol. The Morgan fingerprint density at radius 2 is 2.35 bits per heavy atom. The lowest BCUT2D eigenvalue weighted by atomic mass is 10.2. The number of H-pyrrole nitrogens is 1. The molecule has 3 rings (SSSR count). The molecule has 0 atom stereocenters. The molecule has 3 heterocycles. The molecule has 23 heavy (non-hydrogen) atoms. The second-order valence-corrected chi connectivity index (χ2v) is 6.12. The first-order chi connectivity index (χ1) is 11.1. The number of nitrogens with zero attached hydrogens (tertiary/aromatic N) is 6. The largest absolute Gasteiger partial charge is 0.350 e. The monoisotopic (exact) mass is 332 g/mol. The molecule has 3 aromatic rings. The zero-order valence-electron chi connectivity index (χ0n) is 12.7. The molecule has 0 aliphatic carbocycles. The molecule has 0 unspecified atom stereocenters. The fraction of sp³-hybridized carbons (Fsp3) is 0.385. The van der Waals surface area contributed by atoms with E-state index in [1.165, 1.54) is 11.0 Å². The summed E-state index contributed by atoms with van der Waals surface area (Å²) in [6.07, 6.45) is 2.11. The summed E-state index contributed by atoms with van der Waals surface area (Å²) in [6.45, 7) is 4.75. The molecule has 0 saturated heterocycles. The van der Waals surface area contributed by atoms with Crippen LogP contribution in [0, 0.1) is 0 Å². The van der Waals surface area contributed by atoms with E-state index in [1.54, 1.807) is 17.4 Å². The smallest absolute Gasteiger partial charge is 0.269 e. The molecule has 9 nitrogen and oxygen atoms in total. The van der Waals surface area contributed by atoms with Gasteiger partial charge >= 0.3 is 0 Å². The number of carbonyl (C=O) groups is 1. The third kappa shape index (κ3) is 3.59. The second-order valence-electron chi connectivity index (χ2n) is 5.23. The van der Waals surface area contributed by atoms with E-state index < -0.39 is 0 Å². The normalized spacial score (nSPS) is 11.1. The van der Waals surface area contributed by atoms with E-state index in [9.17, 15) is 4.79 Å². The molecule has 0 aliphatic heterocycles. The van der Waals surface area contributed by atoms with E-state index in [0.29, 0.717) is 30.4 Å². The number of hydrogen-bond donors (Lipinski definition) is 2. The van der Waals surface area contributed by atoms with Crippen molar-refractivity contribution in [3.8, 4) is 5.82 Å². The van der Waals surface area contributed by atoms with Gasteiger partial charge in [-0.25, -0.2) is 4.98 Å². The summed E-state index contributed by atoms with van der Waals surface area (Å²) in [5.41, 5.74) is 1.36. The van der Waals surface area contributed by atoms with Crippen molar-refractivity contribution in [1.29, 1.82) is 0 Å². The first-order valence-corrected chi connectivity index (χ1v) is 8.02. The average Bonchev–Trinajstić information content (AvgIpc) is 3.27. The maximum Gasteiger partial charge on any atom is 0.269 e. The lowest BCUT2D eigenvalue weighted by Crippen LogP contribution is -2.26. The Labute approximate surface area is 136 Å². The summed E-state index contributed by atoms with van der Waals surface area (Å²) in [5, 5.41) is 23.4. The highest BCUT2D eigenvalue weighted by molar-refractivity contribution is 7.09. The predicted octanol–water partition coefficient (Wildman–Crippen LogP) is 0.938. The van der Waals surface area contributed by atoms with Gasteiger partial charge in [0.1, 0.15) is 12.0 Å². The van der Waals surface area contributed by atoms with Crippen molar-refractivity contribution in [2.75, 3.05) is 6.54 Å². The van der Waals surface area contributed by atoms with Gasteiger partial charge in [-0.1, -0.05) is 13.8 Å². The van der Waals surface area contributed by atoms with Crippen LogP contribution in [0.15, 0.2) is 17.8 Å². The summed E-state index contributed by atoms with van der Waals surface area (Å²) >= 11 is 1.65. The maximum absolute atomic E-state index is 12.1. The van der Waals surface area contributed by atoms with Gasteiger partial charge in [-0.05, 0) is 10.4 Å². The molecule has 0 fully saturated rings. The first-order valence-electron chi connectivity index (χ1n) is 7.14. The quantitative estimate of drug-likeness (QED) is 0.694.